The van der Waals surface area contributed by atoms with Gasteiger partial charge in [-0.15, -0.1) is 0 Å². The molecule has 26 heavy (non-hydrogen) atoms. The maximum Gasteiger partial charge on any atom is 0.149 e. The van der Waals surface area contributed by atoms with E-state index in [0.717, 1.165) is 26.4 Å². The van der Waals surface area contributed by atoms with Crippen molar-refractivity contribution in [3.05, 3.63) is 95.5 Å². The third-order valence-electron chi connectivity index (χ3n) is 4.74. The topological polar surface area (TPSA) is 13.1 Å². The van der Waals surface area contributed by atoms with Crippen LogP contribution in [0.4, 0.5) is 0 Å². The summed E-state index contributed by atoms with van der Waals surface area (Å²) in [5, 5.41) is 2.27. The molecule has 0 atom stereocenters. The summed E-state index contributed by atoms with van der Waals surface area (Å²) in [4.78, 5) is 0. The molecule has 0 aliphatic rings. The van der Waals surface area contributed by atoms with E-state index in [9.17, 15) is 0 Å². The van der Waals surface area contributed by atoms with Gasteiger partial charge in [-0.2, -0.15) is 0 Å². The summed E-state index contributed by atoms with van der Waals surface area (Å²) in [6.45, 7) is 0. The number of hydrogen-bond donors (Lipinski definition) is 0. The highest BCUT2D eigenvalue weighted by molar-refractivity contribution is 9.10. The average molecular weight is 399 g/mol. The van der Waals surface area contributed by atoms with Gasteiger partial charge in [-0.25, -0.2) is 0 Å². The van der Waals surface area contributed by atoms with Crippen molar-refractivity contribution in [2.45, 2.75) is 0 Å². The zero-order chi connectivity index (χ0) is 17.5. The second-order valence-corrected chi connectivity index (χ2v) is 7.23. The molecule has 1 aromatic heterocycles. The largest absolute Gasteiger partial charge is 0.455 e. The first-order chi connectivity index (χ1) is 12.8. The van der Waals surface area contributed by atoms with Gasteiger partial charge in [0.2, 0.25) is 0 Å². The van der Waals surface area contributed by atoms with Crippen molar-refractivity contribution in [3.8, 4) is 22.3 Å². The Kier molecular flexibility index (Phi) is 3.65. The van der Waals surface area contributed by atoms with Gasteiger partial charge in [-0.05, 0) is 62.4 Å². The van der Waals surface area contributed by atoms with Gasteiger partial charge in [0.25, 0.3) is 0 Å². The summed E-state index contributed by atoms with van der Waals surface area (Å²) in [5.41, 5.74) is 6.58. The Balaban J connectivity index is 1.78. The van der Waals surface area contributed by atoms with Crippen LogP contribution in [0.5, 0.6) is 0 Å². The summed E-state index contributed by atoms with van der Waals surface area (Å²) in [6.07, 6.45) is 0. The molecule has 5 rings (SSSR count). The van der Waals surface area contributed by atoms with Gasteiger partial charge in [0.1, 0.15) is 11.2 Å². The molecule has 0 bridgehead atoms. The minimum atomic E-state index is 0.893. The maximum atomic E-state index is 6.12. The molecule has 0 radical (unpaired) electrons. The van der Waals surface area contributed by atoms with E-state index in [1.807, 2.05) is 12.1 Å². The molecule has 0 amide bonds. The molecule has 0 N–H and O–H groups in total. The summed E-state index contributed by atoms with van der Waals surface area (Å²) >= 11 is 3.69. The second-order valence-electron chi connectivity index (χ2n) is 6.38. The lowest BCUT2D eigenvalue weighted by atomic mass is 10.0. The molecule has 5 aromatic rings. The predicted octanol–water partition coefficient (Wildman–Crippen LogP) is 7.68. The minimum absolute atomic E-state index is 0.893. The number of fused-ring (bicyclic) bond motifs is 3. The van der Waals surface area contributed by atoms with E-state index in [1.54, 1.807) is 0 Å². The fourth-order valence-electron chi connectivity index (χ4n) is 3.44. The monoisotopic (exact) mass is 398 g/mol. The predicted molar refractivity (Wildman–Crippen MR) is 112 cm³/mol. The molecule has 0 saturated heterocycles. The Bertz CT molecular complexity index is 1220. The molecule has 0 unspecified atom stereocenters. The quantitative estimate of drug-likeness (QED) is 0.297. The van der Waals surface area contributed by atoms with Crippen molar-refractivity contribution in [2.24, 2.45) is 0 Å². The van der Waals surface area contributed by atoms with Gasteiger partial charge < -0.3 is 4.42 Å². The third-order valence-corrected chi connectivity index (χ3v) is 5.33. The van der Waals surface area contributed by atoms with Crippen molar-refractivity contribution in [1.29, 1.82) is 0 Å². The summed E-state index contributed by atoms with van der Waals surface area (Å²) in [6, 6.07) is 31.6. The number of furan rings is 1. The number of benzene rings is 4. The molecule has 0 aliphatic heterocycles. The molecular formula is C24H15BrO. The summed E-state index contributed by atoms with van der Waals surface area (Å²) in [5.74, 6) is 0. The van der Waals surface area contributed by atoms with Gasteiger partial charge in [0.15, 0.2) is 0 Å². The molecule has 124 valence electrons. The average Bonchev–Trinajstić information content (AvgIpc) is 3.08. The Morgan fingerprint density at radius 2 is 1.15 bits per heavy atom. The van der Waals surface area contributed by atoms with Gasteiger partial charge >= 0.3 is 0 Å². The van der Waals surface area contributed by atoms with Crippen molar-refractivity contribution >= 4 is 37.9 Å². The first kappa shape index (κ1) is 15.4. The van der Waals surface area contributed by atoms with Gasteiger partial charge in [-0.1, -0.05) is 66.7 Å². The van der Waals surface area contributed by atoms with Crippen LogP contribution in [0.15, 0.2) is 99.9 Å². The van der Waals surface area contributed by atoms with Crippen LogP contribution in [-0.4, -0.2) is 0 Å². The van der Waals surface area contributed by atoms with Crippen LogP contribution in [0.25, 0.3) is 44.2 Å². The minimum Gasteiger partial charge on any atom is -0.455 e. The number of rotatable bonds is 2. The van der Waals surface area contributed by atoms with E-state index in [-0.39, 0.29) is 0 Å². The zero-order valence-electron chi connectivity index (χ0n) is 13.9. The van der Waals surface area contributed by atoms with Gasteiger partial charge in [0, 0.05) is 10.8 Å². The smallest absolute Gasteiger partial charge is 0.149 e. The first-order valence-corrected chi connectivity index (χ1v) is 9.35. The Morgan fingerprint density at radius 1 is 0.538 bits per heavy atom. The van der Waals surface area contributed by atoms with E-state index < -0.39 is 0 Å². The van der Waals surface area contributed by atoms with Crippen molar-refractivity contribution < 1.29 is 4.42 Å². The number of halogens is 1. The van der Waals surface area contributed by atoms with Crippen LogP contribution in [0.1, 0.15) is 0 Å². The van der Waals surface area contributed by atoms with Gasteiger partial charge in [0.05, 0.1) is 4.47 Å². The highest BCUT2D eigenvalue weighted by Gasteiger charge is 2.13. The van der Waals surface area contributed by atoms with E-state index in [2.05, 4.69) is 94.8 Å². The standard InChI is InChI=1S/C24H15BrO/c25-22-15-19(17-9-5-2-6-10-17)14-21-20-13-18(16-7-3-1-4-8-16)11-12-23(20)26-24(21)22/h1-15H. The highest BCUT2D eigenvalue weighted by Crippen LogP contribution is 2.38. The Hall–Kier alpha value is -2.84. The lowest BCUT2D eigenvalue weighted by Gasteiger charge is -2.04. The molecule has 0 saturated carbocycles. The lowest BCUT2D eigenvalue weighted by molar-refractivity contribution is 0.667. The van der Waals surface area contributed by atoms with E-state index in [0.29, 0.717) is 0 Å². The first-order valence-electron chi connectivity index (χ1n) is 8.56. The van der Waals surface area contributed by atoms with Crippen LogP contribution in [0, 0.1) is 0 Å². The zero-order valence-corrected chi connectivity index (χ0v) is 15.5. The van der Waals surface area contributed by atoms with Crippen LogP contribution in [-0.2, 0) is 0 Å². The summed E-state index contributed by atoms with van der Waals surface area (Å²) in [7, 11) is 0. The molecule has 1 heterocycles. The molecule has 0 spiro atoms. The molecular weight excluding hydrogens is 384 g/mol. The van der Waals surface area contributed by atoms with E-state index in [1.165, 1.54) is 22.3 Å². The normalized spacial score (nSPS) is 11.3. The number of hydrogen-bond acceptors (Lipinski definition) is 1. The van der Waals surface area contributed by atoms with Gasteiger partial charge in [-0.3, -0.25) is 0 Å². The molecule has 4 aromatic carbocycles. The van der Waals surface area contributed by atoms with Crippen molar-refractivity contribution in [3.63, 3.8) is 0 Å². The SMILES string of the molecule is Brc1cc(-c2ccccc2)cc2c1oc1ccc(-c3ccccc3)cc12. The fourth-order valence-corrected chi connectivity index (χ4v) is 3.99. The van der Waals surface area contributed by atoms with Crippen LogP contribution in [0.2, 0.25) is 0 Å². The highest BCUT2D eigenvalue weighted by atomic mass is 79.9. The van der Waals surface area contributed by atoms with E-state index >= 15 is 0 Å². The van der Waals surface area contributed by atoms with Crippen LogP contribution >= 0.6 is 15.9 Å². The van der Waals surface area contributed by atoms with Crippen molar-refractivity contribution in [2.75, 3.05) is 0 Å². The second kappa shape index (κ2) is 6.15. The molecule has 0 fully saturated rings. The fraction of sp³-hybridized carbons (Fsp3) is 0. The maximum absolute atomic E-state index is 6.12. The Morgan fingerprint density at radius 3 is 1.85 bits per heavy atom. The molecule has 2 heteroatoms. The lowest BCUT2D eigenvalue weighted by Crippen LogP contribution is -1.79. The third kappa shape index (κ3) is 2.54. The summed E-state index contributed by atoms with van der Waals surface area (Å²) < 4.78 is 7.10. The van der Waals surface area contributed by atoms with E-state index in [4.69, 9.17) is 4.42 Å². The van der Waals surface area contributed by atoms with Crippen LogP contribution in [0.3, 0.4) is 0 Å². The van der Waals surface area contributed by atoms with Crippen LogP contribution < -0.4 is 0 Å². The van der Waals surface area contributed by atoms with Crippen molar-refractivity contribution in [1.82, 2.24) is 0 Å². The molecule has 0 aliphatic carbocycles. The molecule has 1 nitrogen and oxygen atoms in total. The Labute approximate surface area is 160 Å².